The van der Waals surface area contributed by atoms with Crippen LogP contribution in [0.2, 0.25) is 0 Å². The van der Waals surface area contributed by atoms with E-state index in [0.717, 1.165) is 62.9 Å². The molecule has 0 amide bonds. The van der Waals surface area contributed by atoms with Gasteiger partial charge in [0.2, 0.25) is 0 Å². The maximum Gasteiger partial charge on any atom is 0.191 e. The van der Waals surface area contributed by atoms with E-state index in [1.165, 1.54) is 32.4 Å². The van der Waals surface area contributed by atoms with Gasteiger partial charge in [0.05, 0.1) is 0 Å². The summed E-state index contributed by atoms with van der Waals surface area (Å²) in [4.78, 5) is 7.39. The van der Waals surface area contributed by atoms with Crippen molar-refractivity contribution < 1.29 is 4.21 Å². The molecule has 1 heterocycles. The number of guanidine groups is 1. The van der Waals surface area contributed by atoms with Gasteiger partial charge >= 0.3 is 0 Å². The predicted molar refractivity (Wildman–Crippen MR) is 129 cm³/mol. The number of rotatable bonds is 8. The van der Waals surface area contributed by atoms with Crippen LogP contribution in [0.15, 0.2) is 4.99 Å². The van der Waals surface area contributed by atoms with Crippen LogP contribution in [-0.4, -0.2) is 64.8 Å². The van der Waals surface area contributed by atoms with Crippen LogP contribution in [0.4, 0.5) is 0 Å². The Morgan fingerprint density at radius 3 is 2.74 bits per heavy atom. The molecule has 0 spiro atoms. The first kappa shape index (κ1) is 25.1. The smallest absolute Gasteiger partial charge is 0.191 e. The number of aliphatic imine (C=N–C) groups is 1. The molecule has 160 valence electrons. The number of hydrogen-bond acceptors (Lipinski definition) is 3. The number of nitrogens with one attached hydrogen (secondary N) is 2. The quantitative estimate of drug-likeness (QED) is 0.227. The SMILES string of the molecule is CCNC(=NCCCN1CCCC(C)C1)NC1CCCC(S(=O)CC)C1.I. The average Bonchev–Trinajstić information content (AvgIpc) is 2.65. The zero-order chi connectivity index (χ0) is 18.8. The first-order chi connectivity index (χ1) is 12.6. The minimum absolute atomic E-state index is 0. The number of nitrogens with zero attached hydrogens (tertiary/aromatic N) is 2. The Morgan fingerprint density at radius 2 is 2.04 bits per heavy atom. The minimum Gasteiger partial charge on any atom is -0.357 e. The summed E-state index contributed by atoms with van der Waals surface area (Å²) in [5.74, 6) is 2.56. The molecular formula is C20H41IN4OS. The Labute approximate surface area is 186 Å². The number of hydrogen-bond donors (Lipinski definition) is 2. The molecule has 0 aromatic heterocycles. The standard InChI is InChI=1S/C20H40N4OS.HI/c1-4-21-20(22-12-8-14-24-13-7-9-17(3)16-24)23-18-10-6-11-19(15-18)26(25)5-2;/h17-19H,4-16H2,1-3H3,(H2,21,22,23);1H. The fourth-order valence-electron chi connectivity index (χ4n) is 4.24. The summed E-state index contributed by atoms with van der Waals surface area (Å²) in [6.45, 7) is 11.9. The summed E-state index contributed by atoms with van der Waals surface area (Å²) in [6.07, 6.45) is 8.30. The molecule has 2 rings (SSSR count). The van der Waals surface area contributed by atoms with E-state index in [2.05, 4.69) is 29.4 Å². The van der Waals surface area contributed by atoms with E-state index >= 15 is 0 Å². The van der Waals surface area contributed by atoms with Crippen LogP contribution < -0.4 is 10.6 Å². The van der Waals surface area contributed by atoms with Crippen molar-refractivity contribution in [3.8, 4) is 0 Å². The Bertz CT molecular complexity index is 463. The summed E-state index contributed by atoms with van der Waals surface area (Å²) >= 11 is 0. The van der Waals surface area contributed by atoms with Crippen LogP contribution in [0.5, 0.6) is 0 Å². The lowest BCUT2D eigenvalue weighted by Gasteiger charge is -2.31. The normalized spacial score (nSPS) is 28.3. The van der Waals surface area contributed by atoms with Gasteiger partial charge in [-0.1, -0.05) is 20.3 Å². The van der Waals surface area contributed by atoms with E-state index in [0.29, 0.717) is 11.3 Å². The van der Waals surface area contributed by atoms with Crippen molar-refractivity contribution in [3.63, 3.8) is 0 Å². The molecule has 2 aliphatic rings. The fourth-order valence-corrected chi connectivity index (χ4v) is 5.59. The van der Waals surface area contributed by atoms with Crippen molar-refractivity contribution in [3.05, 3.63) is 0 Å². The predicted octanol–water partition coefficient (Wildman–Crippen LogP) is 3.36. The third kappa shape index (κ3) is 9.43. The fraction of sp³-hybridized carbons (Fsp3) is 0.950. The average molecular weight is 513 g/mol. The molecule has 0 aromatic rings. The maximum atomic E-state index is 12.1. The van der Waals surface area contributed by atoms with Gasteiger partial charge in [0.1, 0.15) is 0 Å². The highest BCUT2D eigenvalue weighted by Crippen LogP contribution is 2.23. The lowest BCUT2D eigenvalue weighted by molar-refractivity contribution is 0.183. The van der Waals surface area contributed by atoms with E-state index in [1.807, 2.05) is 6.92 Å². The van der Waals surface area contributed by atoms with Gasteiger partial charge in [0.15, 0.2) is 5.96 Å². The largest absolute Gasteiger partial charge is 0.357 e. The Morgan fingerprint density at radius 1 is 1.22 bits per heavy atom. The van der Waals surface area contributed by atoms with Gasteiger partial charge in [0, 0.05) is 47.5 Å². The molecule has 4 unspecified atom stereocenters. The van der Waals surface area contributed by atoms with Crippen molar-refractivity contribution in [1.29, 1.82) is 0 Å². The second kappa shape index (κ2) is 14.1. The van der Waals surface area contributed by atoms with Crippen molar-refractivity contribution in [2.24, 2.45) is 10.9 Å². The molecule has 1 aliphatic heterocycles. The first-order valence-corrected chi connectivity index (χ1v) is 12.1. The number of piperidine rings is 1. The minimum atomic E-state index is -0.671. The van der Waals surface area contributed by atoms with E-state index in [1.54, 1.807) is 0 Å². The van der Waals surface area contributed by atoms with E-state index in [9.17, 15) is 4.21 Å². The highest BCUT2D eigenvalue weighted by atomic mass is 127. The molecule has 2 N–H and O–H groups in total. The van der Waals surface area contributed by atoms with Crippen molar-refractivity contribution in [2.75, 3.05) is 38.5 Å². The van der Waals surface area contributed by atoms with Crippen LogP contribution in [0.1, 0.15) is 65.7 Å². The Kier molecular flexibility index (Phi) is 13.2. The van der Waals surface area contributed by atoms with Gasteiger partial charge in [-0.15, -0.1) is 24.0 Å². The van der Waals surface area contributed by atoms with Crippen LogP contribution >= 0.6 is 24.0 Å². The zero-order valence-electron chi connectivity index (χ0n) is 17.5. The van der Waals surface area contributed by atoms with E-state index in [-0.39, 0.29) is 24.0 Å². The molecule has 7 heteroatoms. The second-order valence-corrected chi connectivity index (χ2v) is 9.97. The van der Waals surface area contributed by atoms with Crippen molar-refractivity contribution in [1.82, 2.24) is 15.5 Å². The summed E-state index contributed by atoms with van der Waals surface area (Å²) in [7, 11) is -0.671. The van der Waals surface area contributed by atoms with Crippen LogP contribution in [0, 0.1) is 5.92 Å². The molecule has 1 saturated carbocycles. The van der Waals surface area contributed by atoms with Gasteiger partial charge in [-0.05, 0) is 64.5 Å². The highest BCUT2D eigenvalue weighted by Gasteiger charge is 2.26. The van der Waals surface area contributed by atoms with Crippen LogP contribution in [0.3, 0.4) is 0 Å². The molecule has 0 aromatic carbocycles. The highest BCUT2D eigenvalue weighted by molar-refractivity contribution is 14.0. The van der Waals surface area contributed by atoms with Crippen LogP contribution in [0.25, 0.3) is 0 Å². The molecule has 4 atom stereocenters. The van der Waals surface area contributed by atoms with Gasteiger partial charge in [-0.3, -0.25) is 9.20 Å². The van der Waals surface area contributed by atoms with Gasteiger partial charge in [-0.2, -0.15) is 0 Å². The van der Waals surface area contributed by atoms with E-state index in [4.69, 9.17) is 4.99 Å². The third-order valence-corrected chi connectivity index (χ3v) is 7.35. The third-order valence-electron chi connectivity index (χ3n) is 5.61. The molecular weight excluding hydrogens is 471 g/mol. The second-order valence-electron chi connectivity index (χ2n) is 7.96. The lowest BCUT2D eigenvalue weighted by Crippen LogP contribution is -2.46. The number of halogens is 1. The molecule has 5 nitrogen and oxygen atoms in total. The lowest BCUT2D eigenvalue weighted by atomic mass is 9.95. The molecule has 2 fully saturated rings. The van der Waals surface area contributed by atoms with E-state index < -0.39 is 10.8 Å². The molecule has 0 bridgehead atoms. The molecule has 27 heavy (non-hydrogen) atoms. The van der Waals surface area contributed by atoms with Gasteiger partial charge in [0.25, 0.3) is 0 Å². The Balaban J connectivity index is 0.00000364. The Hall–Kier alpha value is 0.110. The summed E-state index contributed by atoms with van der Waals surface area (Å²) in [5.41, 5.74) is 0. The van der Waals surface area contributed by atoms with Crippen molar-refractivity contribution in [2.45, 2.75) is 77.0 Å². The monoisotopic (exact) mass is 512 g/mol. The summed E-state index contributed by atoms with van der Waals surface area (Å²) in [5, 5.41) is 7.34. The van der Waals surface area contributed by atoms with Gasteiger partial charge < -0.3 is 15.5 Å². The first-order valence-electron chi connectivity index (χ1n) is 10.8. The molecule has 1 aliphatic carbocycles. The molecule has 1 saturated heterocycles. The van der Waals surface area contributed by atoms with Gasteiger partial charge in [-0.25, -0.2) is 0 Å². The summed E-state index contributed by atoms with van der Waals surface area (Å²) in [6, 6.07) is 0.407. The maximum absolute atomic E-state index is 12.1. The number of likely N-dealkylation sites (tertiary alicyclic amines) is 1. The molecule has 0 radical (unpaired) electrons. The summed E-state index contributed by atoms with van der Waals surface area (Å²) < 4.78 is 12.1. The van der Waals surface area contributed by atoms with Crippen LogP contribution in [-0.2, 0) is 10.8 Å². The topological polar surface area (TPSA) is 56.7 Å². The zero-order valence-corrected chi connectivity index (χ0v) is 20.7. The van der Waals surface area contributed by atoms with Crippen molar-refractivity contribution >= 4 is 40.7 Å².